The molecule has 0 radical (unpaired) electrons. The third kappa shape index (κ3) is 4.10. The molecule has 0 aliphatic carbocycles. The van der Waals surface area contributed by atoms with Crippen molar-refractivity contribution in [3.8, 4) is 0 Å². The lowest BCUT2D eigenvalue weighted by atomic mass is 10.0. The van der Waals surface area contributed by atoms with E-state index in [9.17, 15) is 9.59 Å². The highest BCUT2D eigenvalue weighted by molar-refractivity contribution is 5.95. The number of aromatic amines is 1. The van der Waals surface area contributed by atoms with Gasteiger partial charge in [-0.2, -0.15) is 0 Å². The van der Waals surface area contributed by atoms with Crippen LogP contribution in [0.5, 0.6) is 0 Å². The molecule has 2 heterocycles. The van der Waals surface area contributed by atoms with Crippen LogP contribution in [0.25, 0.3) is 0 Å². The van der Waals surface area contributed by atoms with Gasteiger partial charge in [0.1, 0.15) is 0 Å². The van der Waals surface area contributed by atoms with Gasteiger partial charge in [0.25, 0.3) is 5.91 Å². The van der Waals surface area contributed by atoms with E-state index in [1.54, 1.807) is 0 Å². The molecule has 1 N–H and O–H groups in total. The number of aryl methyl sites for hydroxylation is 2. The van der Waals surface area contributed by atoms with E-state index in [4.69, 9.17) is 0 Å². The Morgan fingerprint density at radius 3 is 2.52 bits per heavy atom. The lowest BCUT2D eigenvalue weighted by Crippen LogP contribution is -2.38. The molecular formula is C20H25N3O2. The molecule has 5 nitrogen and oxygen atoms in total. The highest BCUT2D eigenvalue weighted by Gasteiger charge is 2.23. The van der Waals surface area contributed by atoms with E-state index in [2.05, 4.69) is 4.98 Å². The fourth-order valence-corrected chi connectivity index (χ4v) is 3.35. The first kappa shape index (κ1) is 17.3. The van der Waals surface area contributed by atoms with Gasteiger partial charge >= 0.3 is 0 Å². The zero-order valence-corrected chi connectivity index (χ0v) is 14.9. The predicted molar refractivity (Wildman–Crippen MR) is 97.5 cm³/mol. The lowest BCUT2D eigenvalue weighted by Gasteiger charge is -2.23. The van der Waals surface area contributed by atoms with Crippen LogP contribution in [0.4, 0.5) is 0 Å². The topological polar surface area (TPSA) is 56.4 Å². The summed E-state index contributed by atoms with van der Waals surface area (Å²) in [5, 5.41) is 0. The van der Waals surface area contributed by atoms with E-state index in [1.165, 1.54) is 0 Å². The summed E-state index contributed by atoms with van der Waals surface area (Å²) in [7, 11) is 0. The Labute approximate surface area is 148 Å². The summed E-state index contributed by atoms with van der Waals surface area (Å²) >= 11 is 0. The molecule has 1 aromatic carbocycles. The summed E-state index contributed by atoms with van der Waals surface area (Å²) in [4.78, 5) is 32.1. The minimum Gasteiger partial charge on any atom is -0.365 e. The van der Waals surface area contributed by atoms with Gasteiger partial charge in [0.05, 0.1) is 6.42 Å². The maximum atomic E-state index is 12.8. The van der Waals surface area contributed by atoms with E-state index in [0.717, 1.165) is 28.8 Å². The third-order valence-corrected chi connectivity index (χ3v) is 4.75. The third-order valence-electron chi connectivity index (χ3n) is 4.75. The molecule has 0 unspecified atom stereocenters. The molecule has 1 aliphatic rings. The van der Waals surface area contributed by atoms with Crippen molar-refractivity contribution in [2.75, 3.05) is 26.2 Å². The molecule has 0 saturated carbocycles. The molecule has 0 bridgehead atoms. The van der Waals surface area contributed by atoms with Crippen LogP contribution in [0.3, 0.4) is 0 Å². The minimum atomic E-state index is 0.0659. The normalized spacial score (nSPS) is 15.1. The second-order valence-electron chi connectivity index (χ2n) is 6.72. The van der Waals surface area contributed by atoms with Gasteiger partial charge in [-0.3, -0.25) is 9.59 Å². The SMILES string of the molecule is Cc1ccc(C(=O)N2CCCN(C(=O)Cc3ccc[nH]3)CC2)c(C)c1. The highest BCUT2D eigenvalue weighted by Crippen LogP contribution is 2.15. The van der Waals surface area contributed by atoms with Crippen LogP contribution in [0, 0.1) is 13.8 Å². The Kier molecular flexibility index (Phi) is 5.22. The van der Waals surface area contributed by atoms with Gasteiger partial charge in [-0.25, -0.2) is 0 Å². The number of carbonyl (C=O) groups is 2. The number of benzene rings is 1. The van der Waals surface area contributed by atoms with Crippen LogP contribution < -0.4 is 0 Å². The summed E-state index contributed by atoms with van der Waals surface area (Å²) in [6.07, 6.45) is 3.03. The van der Waals surface area contributed by atoms with Gasteiger partial charge in [0.15, 0.2) is 0 Å². The van der Waals surface area contributed by atoms with Gasteiger partial charge in [-0.15, -0.1) is 0 Å². The summed E-state index contributed by atoms with van der Waals surface area (Å²) in [6.45, 7) is 6.58. The van der Waals surface area contributed by atoms with Crippen LogP contribution >= 0.6 is 0 Å². The average Bonchev–Trinajstić information content (AvgIpc) is 2.95. The molecule has 0 atom stereocenters. The number of H-pyrrole nitrogens is 1. The van der Waals surface area contributed by atoms with Crippen molar-refractivity contribution in [1.29, 1.82) is 0 Å². The second kappa shape index (κ2) is 7.55. The molecule has 1 saturated heterocycles. The number of nitrogens with one attached hydrogen (secondary N) is 1. The standard InChI is InChI=1S/C20H25N3O2/c1-15-6-7-18(16(2)13-15)20(25)23-10-4-9-22(11-12-23)19(24)14-17-5-3-8-21-17/h3,5-8,13,21H,4,9-12,14H2,1-2H3. The molecule has 1 fully saturated rings. The Hall–Kier alpha value is -2.56. The van der Waals surface area contributed by atoms with Gasteiger partial charge in [0, 0.05) is 43.6 Å². The van der Waals surface area contributed by atoms with Crippen molar-refractivity contribution in [3.63, 3.8) is 0 Å². The zero-order chi connectivity index (χ0) is 17.8. The smallest absolute Gasteiger partial charge is 0.254 e. The van der Waals surface area contributed by atoms with E-state index in [-0.39, 0.29) is 11.8 Å². The Bertz CT molecular complexity index is 752. The predicted octanol–water partition coefficient (Wildman–Crippen LogP) is 2.55. The monoisotopic (exact) mass is 339 g/mol. The van der Waals surface area contributed by atoms with Crippen LogP contribution in [0.15, 0.2) is 36.5 Å². The number of carbonyl (C=O) groups excluding carboxylic acids is 2. The average molecular weight is 339 g/mol. The van der Waals surface area contributed by atoms with Crippen molar-refractivity contribution in [1.82, 2.24) is 14.8 Å². The number of hydrogen-bond acceptors (Lipinski definition) is 2. The fraction of sp³-hybridized carbons (Fsp3) is 0.400. The van der Waals surface area contributed by atoms with E-state index < -0.39 is 0 Å². The number of amides is 2. The van der Waals surface area contributed by atoms with Gasteiger partial charge in [-0.05, 0) is 44.0 Å². The van der Waals surface area contributed by atoms with Crippen molar-refractivity contribution >= 4 is 11.8 Å². The summed E-state index contributed by atoms with van der Waals surface area (Å²) in [5.74, 6) is 0.180. The first-order valence-corrected chi connectivity index (χ1v) is 8.81. The first-order valence-electron chi connectivity index (χ1n) is 8.81. The van der Waals surface area contributed by atoms with E-state index in [0.29, 0.717) is 32.6 Å². The van der Waals surface area contributed by atoms with Crippen LogP contribution in [0.2, 0.25) is 0 Å². The quantitative estimate of drug-likeness (QED) is 0.934. The number of hydrogen-bond donors (Lipinski definition) is 1. The van der Waals surface area contributed by atoms with Crippen LogP contribution in [-0.2, 0) is 11.2 Å². The van der Waals surface area contributed by atoms with Crippen LogP contribution in [-0.4, -0.2) is 52.8 Å². The van der Waals surface area contributed by atoms with E-state index >= 15 is 0 Å². The van der Waals surface area contributed by atoms with Gasteiger partial charge < -0.3 is 14.8 Å². The van der Waals surface area contributed by atoms with Crippen molar-refractivity contribution in [3.05, 3.63) is 58.9 Å². The molecule has 3 rings (SSSR count). The molecule has 2 aromatic rings. The van der Waals surface area contributed by atoms with Crippen molar-refractivity contribution in [2.24, 2.45) is 0 Å². The maximum Gasteiger partial charge on any atom is 0.254 e. The van der Waals surface area contributed by atoms with Gasteiger partial charge in [-0.1, -0.05) is 17.7 Å². The summed E-state index contributed by atoms with van der Waals surface area (Å²) in [5.41, 5.74) is 3.86. The molecule has 1 aliphatic heterocycles. The fourth-order valence-electron chi connectivity index (χ4n) is 3.35. The molecule has 5 heteroatoms. The van der Waals surface area contributed by atoms with Crippen molar-refractivity contribution < 1.29 is 9.59 Å². The molecule has 2 amide bonds. The summed E-state index contributed by atoms with van der Waals surface area (Å²) in [6, 6.07) is 9.74. The molecule has 1 aromatic heterocycles. The van der Waals surface area contributed by atoms with Crippen LogP contribution in [0.1, 0.15) is 33.6 Å². The van der Waals surface area contributed by atoms with E-state index in [1.807, 2.05) is 60.2 Å². The molecule has 25 heavy (non-hydrogen) atoms. The second-order valence-corrected chi connectivity index (χ2v) is 6.72. The molecular weight excluding hydrogens is 314 g/mol. The minimum absolute atomic E-state index is 0.0659. The summed E-state index contributed by atoms with van der Waals surface area (Å²) < 4.78 is 0. The Morgan fingerprint density at radius 2 is 1.80 bits per heavy atom. The Morgan fingerprint density at radius 1 is 1.04 bits per heavy atom. The highest BCUT2D eigenvalue weighted by atomic mass is 16.2. The number of aromatic nitrogens is 1. The first-order chi connectivity index (χ1) is 12.0. The number of nitrogens with zero attached hydrogens (tertiary/aromatic N) is 2. The molecule has 0 spiro atoms. The lowest BCUT2D eigenvalue weighted by molar-refractivity contribution is -0.130. The number of rotatable bonds is 3. The van der Waals surface area contributed by atoms with Gasteiger partial charge in [0.2, 0.25) is 5.91 Å². The van der Waals surface area contributed by atoms with Crippen molar-refractivity contribution in [2.45, 2.75) is 26.7 Å². The maximum absolute atomic E-state index is 12.8. The Balaban J connectivity index is 1.63. The molecule has 132 valence electrons. The largest absolute Gasteiger partial charge is 0.365 e. The zero-order valence-electron chi connectivity index (χ0n) is 14.9.